The Balaban J connectivity index is 1.10. The summed E-state index contributed by atoms with van der Waals surface area (Å²) in [6, 6.07) is 55.7. The maximum atomic E-state index is 7.17. The molecule has 0 aliphatic heterocycles. The number of nitrogens with zero attached hydrogens (tertiary/aromatic N) is 2. The van der Waals surface area contributed by atoms with Gasteiger partial charge in [-0.05, 0) is 84.9 Å². The number of rotatable bonds is 2. The van der Waals surface area contributed by atoms with E-state index in [0.29, 0.717) is 0 Å². The van der Waals surface area contributed by atoms with Crippen LogP contribution in [0, 0.1) is 0 Å². The van der Waals surface area contributed by atoms with Crippen molar-refractivity contribution >= 4 is 109 Å². The van der Waals surface area contributed by atoms with Crippen LogP contribution in [0.25, 0.3) is 121 Å². The Morgan fingerprint density at radius 3 is 1.19 bits per heavy atom. The molecule has 8 aromatic carbocycles. The van der Waals surface area contributed by atoms with Crippen LogP contribution < -0.4 is 0 Å². The van der Waals surface area contributed by atoms with Gasteiger partial charge in [0.2, 0.25) is 0 Å². The van der Waals surface area contributed by atoms with Gasteiger partial charge >= 0.3 is 0 Å². The van der Waals surface area contributed by atoms with Crippen LogP contribution in [0.1, 0.15) is 0 Å². The van der Waals surface area contributed by atoms with Gasteiger partial charge in [-0.25, -0.2) is 0 Å². The van der Waals surface area contributed by atoms with Crippen LogP contribution in [-0.2, 0) is 0 Å². The Kier molecular flexibility index (Phi) is 5.06. The van der Waals surface area contributed by atoms with Crippen molar-refractivity contribution in [1.29, 1.82) is 0 Å². The molecule has 0 atom stereocenters. The van der Waals surface area contributed by atoms with E-state index in [-0.39, 0.29) is 0 Å². The predicted octanol–water partition coefficient (Wildman–Crippen LogP) is 13.6. The van der Waals surface area contributed by atoms with Gasteiger partial charge in [0.15, 0.2) is 0 Å². The van der Waals surface area contributed by atoms with E-state index >= 15 is 0 Å². The molecular weight excluding hydrogens is 653 g/mol. The number of benzene rings is 8. The van der Waals surface area contributed by atoms with Gasteiger partial charge in [-0.1, -0.05) is 72.8 Å². The van der Waals surface area contributed by atoms with Crippen molar-refractivity contribution < 1.29 is 13.3 Å². The normalized spacial score (nSPS) is 12.5. The molecule has 5 heteroatoms. The molecule has 0 bridgehead atoms. The van der Waals surface area contributed by atoms with E-state index in [1.807, 2.05) is 24.3 Å². The number of furan rings is 3. The van der Waals surface area contributed by atoms with Crippen molar-refractivity contribution in [1.82, 2.24) is 9.13 Å². The highest BCUT2D eigenvalue weighted by molar-refractivity contribution is 6.29. The molecule has 0 saturated carbocycles. The number of para-hydroxylation sites is 4. The van der Waals surface area contributed by atoms with Crippen molar-refractivity contribution in [2.45, 2.75) is 0 Å². The zero-order chi connectivity index (χ0) is 34.4. The highest BCUT2D eigenvalue weighted by atomic mass is 16.3. The van der Waals surface area contributed by atoms with Crippen LogP contribution in [0.4, 0.5) is 0 Å². The Hall–Kier alpha value is -7.24. The fourth-order valence-electron chi connectivity index (χ4n) is 9.06. The van der Waals surface area contributed by atoms with E-state index in [2.05, 4.69) is 143 Å². The summed E-state index contributed by atoms with van der Waals surface area (Å²) < 4.78 is 24.3. The van der Waals surface area contributed by atoms with E-state index in [1.165, 1.54) is 0 Å². The summed E-state index contributed by atoms with van der Waals surface area (Å²) in [6.45, 7) is 0. The predicted molar refractivity (Wildman–Crippen MR) is 217 cm³/mol. The Morgan fingerprint density at radius 1 is 0.283 bits per heavy atom. The third-order valence-corrected chi connectivity index (χ3v) is 11.3. The van der Waals surface area contributed by atoms with Crippen LogP contribution in [0.2, 0.25) is 0 Å². The van der Waals surface area contributed by atoms with Gasteiger partial charge < -0.3 is 22.4 Å². The number of fused-ring (bicyclic) bond motifs is 17. The number of hydrogen-bond donors (Lipinski definition) is 0. The van der Waals surface area contributed by atoms with Gasteiger partial charge in [-0.15, -0.1) is 0 Å². The summed E-state index contributed by atoms with van der Waals surface area (Å²) in [6.07, 6.45) is 0. The molecule has 5 nitrogen and oxygen atoms in total. The largest absolute Gasteiger partial charge is 0.456 e. The van der Waals surface area contributed by atoms with Gasteiger partial charge in [0, 0.05) is 54.5 Å². The zero-order valence-electron chi connectivity index (χ0n) is 28.1. The molecule has 246 valence electrons. The molecule has 5 aromatic heterocycles. The van der Waals surface area contributed by atoms with Crippen LogP contribution in [0.5, 0.6) is 0 Å². The number of aromatic nitrogens is 2. The van der Waals surface area contributed by atoms with E-state index in [9.17, 15) is 0 Å². The van der Waals surface area contributed by atoms with Crippen molar-refractivity contribution in [3.63, 3.8) is 0 Å². The van der Waals surface area contributed by atoms with E-state index < -0.39 is 0 Å². The Morgan fingerprint density at radius 2 is 0.698 bits per heavy atom. The second-order valence-corrected chi connectivity index (χ2v) is 14.0. The highest BCUT2D eigenvalue weighted by Crippen LogP contribution is 2.45. The minimum absolute atomic E-state index is 0.886. The monoisotopic (exact) mass is 678 g/mol. The lowest BCUT2D eigenvalue weighted by Crippen LogP contribution is -1.93. The molecule has 0 radical (unpaired) electrons. The summed E-state index contributed by atoms with van der Waals surface area (Å²) in [4.78, 5) is 0. The van der Waals surface area contributed by atoms with Gasteiger partial charge in [-0.3, -0.25) is 0 Å². The summed E-state index contributed by atoms with van der Waals surface area (Å²) in [5.74, 6) is 0. The Bertz CT molecular complexity index is 3450. The molecule has 0 saturated heterocycles. The average Bonchev–Trinajstić information content (AvgIpc) is 4.01. The van der Waals surface area contributed by atoms with Crippen molar-refractivity contribution in [3.8, 4) is 11.4 Å². The fraction of sp³-hybridized carbons (Fsp3) is 0. The quantitative estimate of drug-likeness (QED) is 0.183. The molecule has 0 unspecified atom stereocenters. The Labute approximate surface area is 300 Å². The van der Waals surface area contributed by atoms with Gasteiger partial charge in [0.25, 0.3) is 0 Å². The van der Waals surface area contributed by atoms with E-state index in [0.717, 1.165) is 121 Å². The first-order valence-electron chi connectivity index (χ1n) is 17.9. The summed E-state index contributed by atoms with van der Waals surface area (Å²) in [5, 5.41) is 11.2. The highest BCUT2D eigenvalue weighted by Gasteiger charge is 2.23. The fourth-order valence-corrected chi connectivity index (χ4v) is 9.06. The average molecular weight is 679 g/mol. The SMILES string of the molecule is c1ccc2c(c1)oc1ccc(-n3c4ccccc4c4c5oc6c(ccc7c6c6ccccc6n7-c6ccc7oc8ccccc8c7c6)c5ccc43)cc12. The molecule has 0 aliphatic rings. The molecule has 53 heavy (non-hydrogen) atoms. The molecule has 0 aliphatic carbocycles. The molecule has 0 N–H and O–H groups in total. The van der Waals surface area contributed by atoms with Crippen molar-refractivity contribution in [2.75, 3.05) is 0 Å². The lowest BCUT2D eigenvalue weighted by Gasteiger charge is -2.08. The van der Waals surface area contributed by atoms with Crippen molar-refractivity contribution in [2.24, 2.45) is 0 Å². The molecule has 0 amide bonds. The third-order valence-electron chi connectivity index (χ3n) is 11.3. The molecular formula is C48H26N2O3. The topological polar surface area (TPSA) is 49.3 Å². The first-order valence-corrected chi connectivity index (χ1v) is 17.9. The van der Waals surface area contributed by atoms with Crippen molar-refractivity contribution in [3.05, 3.63) is 158 Å². The lowest BCUT2D eigenvalue weighted by molar-refractivity contribution is 0.668. The smallest absolute Gasteiger partial charge is 0.145 e. The zero-order valence-corrected chi connectivity index (χ0v) is 28.1. The molecule has 0 spiro atoms. The van der Waals surface area contributed by atoms with Crippen LogP contribution in [0.15, 0.2) is 171 Å². The molecule has 13 rings (SSSR count). The molecule has 5 heterocycles. The summed E-state index contributed by atoms with van der Waals surface area (Å²) in [7, 11) is 0. The van der Waals surface area contributed by atoms with E-state index in [4.69, 9.17) is 13.3 Å². The second kappa shape index (κ2) is 9.75. The number of hydrogen-bond acceptors (Lipinski definition) is 3. The van der Waals surface area contributed by atoms with E-state index in [1.54, 1.807) is 0 Å². The van der Waals surface area contributed by atoms with Crippen LogP contribution in [0.3, 0.4) is 0 Å². The molecule has 0 fully saturated rings. The minimum Gasteiger partial charge on any atom is -0.456 e. The molecule has 13 aromatic rings. The maximum Gasteiger partial charge on any atom is 0.145 e. The van der Waals surface area contributed by atoms with Gasteiger partial charge in [-0.2, -0.15) is 0 Å². The second-order valence-electron chi connectivity index (χ2n) is 14.0. The van der Waals surface area contributed by atoms with Crippen LogP contribution >= 0.6 is 0 Å². The van der Waals surface area contributed by atoms with Gasteiger partial charge in [0.05, 0.1) is 32.8 Å². The maximum absolute atomic E-state index is 7.17. The standard InChI is InChI=1S/C48H26N2O3/c1-5-13-37-33(11-1)45-39(49(37)27-17-23-43-35(25-27)29-9-3-7-15-41(29)51-43)21-19-31-32-20-22-40-46(48(32)53-47(31)45)34-12-2-6-14-38(34)50(40)28-18-24-44-36(26-28)30-10-4-8-16-42(30)52-44/h1-26H. The summed E-state index contributed by atoms with van der Waals surface area (Å²) >= 11 is 0. The van der Waals surface area contributed by atoms with Crippen LogP contribution in [-0.4, -0.2) is 9.13 Å². The summed E-state index contributed by atoms with van der Waals surface area (Å²) in [5.41, 5.74) is 12.0. The third kappa shape index (κ3) is 3.51. The first kappa shape index (κ1) is 27.5. The lowest BCUT2D eigenvalue weighted by atomic mass is 10.1. The van der Waals surface area contributed by atoms with Gasteiger partial charge in [0.1, 0.15) is 33.5 Å². The minimum atomic E-state index is 0.886. The first-order chi connectivity index (χ1) is 26.3.